The topological polar surface area (TPSA) is 125 Å². The van der Waals surface area contributed by atoms with Gasteiger partial charge >= 0.3 is 0 Å². The highest BCUT2D eigenvalue weighted by Crippen LogP contribution is 2.39. The maximum Gasteiger partial charge on any atom is 0.215 e. The quantitative estimate of drug-likeness (QED) is 0.405. The largest absolute Gasteiger partial charge is 0.390 e. The Balaban J connectivity index is 1.60. The van der Waals surface area contributed by atoms with Crippen LogP contribution in [0.25, 0.3) is 16.9 Å². The van der Waals surface area contributed by atoms with Gasteiger partial charge in [-0.3, -0.25) is 9.50 Å². The Kier molecular flexibility index (Phi) is 4.75. The summed E-state index contributed by atoms with van der Waals surface area (Å²) < 4.78 is 26.4. The lowest BCUT2D eigenvalue weighted by Crippen LogP contribution is -2.05. The Bertz CT molecular complexity index is 1370. The molecule has 0 spiro atoms. The van der Waals surface area contributed by atoms with Crippen molar-refractivity contribution in [3.63, 3.8) is 0 Å². The number of hydrogen-bond donors (Lipinski definition) is 3. The average Bonchev–Trinajstić information content (AvgIpc) is 3.38. The van der Waals surface area contributed by atoms with Gasteiger partial charge in [-0.1, -0.05) is 19.1 Å². The number of H-pyrrole nitrogens is 1. The molecule has 1 fully saturated rings. The number of fused-ring (bicyclic) bond motifs is 1. The van der Waals surface area contributed by atoms with Crippen molar-refractivity contribution >= 4 is 27.3 Å². The van der Waals surface area contributed by atoms with Crippen LogP contribution in [0.5, 0.6) is 0 Å². The van der Waals surface area contributed by atoms with E-state index >= 15 is 0 Å². The summed E-state index contributed by atoms with van der Waals surface area (Å²) in [6.45, 7) is 1.42. The predicted molar refractivity (Wildman–Crippen MR) is 116 cm³/mol. The van der Waals surface area contributed by atoms with E-state index in [1.165, 1.54) is 0 Å². The van der Waals surface area contributed by atoms with Crippen molar-refractivity contribution in [1.29, 1.82) is 0 Å². The first-order chi connectivity index (χ1) is 15.0. The van der Waals surface area contributed by atoms with Gasteiger partial charge in [-0.05, 0) is 25.0 Å². The molecule has 3 N–H and O–H groups in total. The van der Waals surface area contributed by atoms with Crippen LogP contribution in [-0.4, -0.2) is 43.8 Å². The van der Waals surface area contributed by atoms with Crippen LogP contribution < -0.4 is 5.32 Å². The van der Waals surface area contributed by atoms with Crippen molar-refractivity contribution < 1.29 is 13.5 Å². The number of anilines is 2. The molecule has 0 amide bonds. The molecule has 160 valence electrons. The lowest BCUT2D eigenvalue weighted by atomic mass is 10.1. The van der Waals surface area contributed by atoms with Gasteiger partial charge in [-0.2, -0.15) is 5.10 Å². The molecule has 10 heteroatoms. The second-order valence-electron chi connectivity index (χ2n) is 7.62. The van der Waals surface area contributed by atoms with Gasteiger partial charge < -0.3 is 10.4 Å². The van der Waals surface area contributed by atoms with Gasteiger partial charge in [0, 0.05) is 35.5 Å². The minimum Gasteiger partial charge on any atom is -0.390 e. The van der Waals surface area contributed by atoms with Crippen LogP contribution in [0.15, 0.2) is 47.5 Å². The molecule has 31 heavy (non-hydrogen) atoms. The monoisotopic (exact) mass is 438 g/mol. The van der Waals surface area contributed by atoms with E-state index in [0.717, 1.165) is 18.5 Å². The first-order valence-corrected chi connectivity index (χ1v) is 11.8. The smallest absolute Gasteiger partial charge is 0.215 e. The van der Waals surface area contributed by atoms with Crippen molar-refractivity contribution in [3.8, 4) is 11.3 Å². The Morgan fingerprint density at radius 3 is 2.81 bits per heavy atom. The molecule has 4 aromatic rings. The minimum absolute atomic E-state index is 0.0261. The molecule has 0 saturated heterocycles. The van der Waals surface area contributed by atoms with Crippen LogP contribution in [0.2, 0.25) is 0 Å². The molecule has 1 aliphatic rings. The number of aliphatic hydroxyl groups excluding tert-OH is 1. The Morgan fingerprint density at radius 2 is 2.06 bits per heavy atom. The van der Waals surface area contributed by atoms with Crippen molar-refractivity contribution in [3.05, 3.63) is 54.0 Å². The molecule has 0 radical (unpaired) electrons. The van der Waals surface area contributed by atoms with Crippen LogP contribution in [0, 0.1) is 0 Å². The highest BCUT2D eigenvalue weighted by molar-refractivity contribution is 7.91. The summed E-state index contributed by atoms with van der Waals surface area (Å²) in [4.78, 5) is 9.41. The number of benzene rings is 1. The van der Waals surface area contributed by atoms with E-state index in [2.05, 4.69) is 20.5 Å². The van der Waals surface area contributed by atoms with Crippen LogP contribution >= 0.6 is 0 Å². The molecule has 9 nitrogen and oxygen atoms in total. The third-order valence-corrected chi connectivity index (χ3v) is 7.12. The standard InChI is InChI=1S/C21H22N6O3S/c1-2-31(29,30)16-5-3-4-14(8-16)17-10-20-22-15(12-28)11-27(20)21(23-17)24-19-9-18(25-26-19)13-6-7-13/h3-5,8-11,13,28H,2,6-7,12H2,1H3,(H2,23,24,25,26). The zero-order valence-electron chi connectivity index (χ0n) is 16.9. The molecule has 1 aromatic carbocycles. The summed E-state index contributed by atoms with van der Waals surface area (Å²) in [5.41, 5.74) is 3.41. The maximum absolute atomic E-state index is 12.3. The molecule has 1 aliphatic carbocycles. The Hall–Kier alpha value is -3.24. The molecule has 3 heterocycles. The summed E-state index contributed by atoms with van der Waals surface area (Å²) in [6.07, 6.45) is 4.04. The van der Waals surface area contributed by atoms with E-state index in [0.29, 0.717) is 40.3 Å². The Labute approximate surface area is 179 Å². The third-order valence-electron chi connectivity index (χ3n) is 5.39. The number of nitrogens with one attached hydrogen (secondary N) is 2. The van der Waals surface area contributed by atoms with E-state index in [9.17, 15) is 13.5 Å². The summed E-state index contributed by atoms with van der Waals surface area (Å²) in [7, 11) is -3.34. The Morgan fingerprint density at radius 1 is 1.23 bits per heavy atom. The van der Waals surface area contributed by atoms with E-state index in [4.69, 9.17) is 4.98 Å². The van der Waals surface area contributed by atoms with Gasteiger partial charge in [-0.25, -0.2) is 18.4 Å². The molecule has 0 unspecified atom stereocenters. The van der Waals surface area contributed by atoms with Crippen LogP contribution in [-0.2, 0) is 16.4 Å². The number of rotatable bonds is 7. The summed E-state index contributed by atoms with van der Waals surface area (Å²) in [5, 5.41) is 20.1. The highest BCUT2D eigenvalue weighted by atomic mass is 32.2. The number of aliphatic hydroxyl groups is 1. The van der Waals surface area contributed by atoms with Crippen molar-refractivity contribution in [2.24, 2.45) is 0 Å². The number of aromatic nitrogens is 5. The minimum atomic E-state index is -3.34. The van der Waals surface area contributed by atoms with Crippen molar-refractivity contribution in [2.45, 2.75) is 37.2 Å². The van der Waals surface area contributed by atoms with E-state index in [1.807, 2.05) is 12.1 Å². The second kappa shape index (κ2) is 7.47. The van der Waals surface area contributed by atoms with Gasteiger partial charge in [0.15, 0.2) is 15.7 Å². The second-order valence-corrected chi connectivity index (χ2v) is 9.90. The lowest BCUT2D eigenvalue weighted by Gasteiger charge is -2.10. The normalized spacial score (nSPS) is 14.3. The van der Waals surface area contributed by atoms with Gasteiger partial charge in [0.1, 0.15) is 5.65 Å². The number of sulfone groups is 1. The maximum atomic E-state index is 12.3. The fourth-order valence-corrected chi connectivity index (χ4v) is 4.41. The fourth-order valence-electron chi connectivity index (χ4n) is 3.49. The number of nitrogens with zero attached hydrogens (tertiary/aromatic N) is 4. The third kappa shape index (κ3) is 3.79. The molecule has 0 bridgehead atoms. The van der Waals surface area contributed by atoms with Gasteiger partial charge in [0.25, 0.3) is 0 Å². The summed E-state index contributed by atoms with van der Waals surface area (Å²) in [5.74, 6) is 1.67. The highest BCUT2D eigenvalue weighted by Gasteiger charge is 2.25. The van der Waals surface area contributed by atoms with Crippen LogP contribution in [0.4, 0.5) is 11.8 Å². The fraction of sp³-hybridized carbons (Fsp3) is 0.286. The molecular formula is C21H22N6O3S. The summed E-state index contributed by atoms with van der Waals surface area (Å²) in [6, 6.07) is 10.5. The average molecular weight is 439 g/mol. The number of imidazole rings is 1. The van der Waals surface area contributed by atoms with Gasteiger partial charge in [0.05, 0.1) is 28.6 Å². The SMILES string of the molecule is CCS(=O)(=O)c1cccc(-c2cc3nc(CO)cn3c(Nc3cc(C4CC4)[nH]n3)n2)c1. The molecule has 1 saturated carbocycles. The zero-order valence-corrected chi connectivity index (χ0v) is 17.7. The predicted octanol–water partition coefficient (Wildman–Crippen LogP) is 3.03. The van der Waals surface area contributed by atoms with Crippen molar-refractivity contribution in [1.82, 2.24) is 24.6 Å². The van der Waals surface area contributed by atoms with Crippen molar-refractivity contribution in [2.75, 3.05) is 11.1 Å². The van der Waals surface area contributed by atoms with E-state index in [-0.39, 0.29) is 17.3 Å². The molecule has 0 aliphatic heterocycles. The van der Waals surface area contributed by atoms with E-state index in [1.54, 1.807) is 41.8 Å². The lowest BCUT2D eigenvalue weighted by molar-refractivity contribution is 0.277. The number of hydrogen-bond acceptors (Lipinski definition) is 7. The zero-order chi connectivity index (χ0) is 21.6. The summed E-state index contributed by atoms with van der Waals surface area (Å²) >= 11 is 0. The van der Waals surface area contributed by atoms with Gasteiger partial charge in [0.2, 0.25) is 5.95 Å². The first-order valence-electron chi connectivity index (χ1n) is 10.1. The number of aromatic amines is 1. The molecule has 5 rings (SSSR count). The van der Waals surface area contributed by atoms with Crippen LogP contribution in [0.1, 0.15) is 37.1 Å². The first kappa shape index (κ1) is 19.7. The van der Waals surface area contributed by atoms with Crippen LogP contribution in [0.3, 0.4) is 0 Å². The molecule has 3 aromatic heterocycles. The molecular weight excluding hydrogens is 416 g/mol. The van der Waals surface area contributed by atoms with Gasteiger partial charge in [-0.15, -0.1) is 0 Å². The van der Waals surface area contributed by atoms with E-state index < -0.39 is 9.84 Å². The molecule has 0 atom stereocenters.